The molecule has 1 heterocycles. The molecule has 3 nitrogen and oxygen atoms in total. The molecule has 0 aliphatic carbocycles. The van der Waals surface area contributed by atoms with Gasteiger partial charge in [0.2, 0.25) is 0 Å². The Hall–Kier alpha value is -4.63. The van der Waals surface area contributed by atoms with Gasteiger partial charge in [0.15, 0.2) is 0 Å². The molecule has 1 N–H and O–H groups in total. The van der Waals surface area contributed by atoms with E-state index in [2.05, 4.69) is 84.3 Å². The maximum atomic E-state index is 11.9. The lowest BCUT2D eigenvalue weighted by Gasteiger charge is -2.16. The van der Waals surface area contributed by atoms with Gasteiger partial charge in [-0.1, -0.05) is 84.9 Å². The molecule has 0 radical (unpaired) electrons. The Morgan fingerprint density at radius 3 is 2.14 bits per heavy atom. The molecule has 0 bridgehead atoms. The molecule has 168 valence electrons. The zero-order chi connectivity index (χ0) is 23.9. The lowest BCUT2D eigenvalue weighted by atomic mass is 9.95. The third-order valence-electron chi connectivity index (χ3n) is 6.77. The monoisotopic (exact) mass is 453 g/mol. The number of carboxylic acid groups (broad SMARTS) is 1. The van der Waals surface area contributed by atoms with Gasteiger partial charge in [0.1, 0.15) is 0 Å². The summed E-state index contributed by atoms with van der Waals surface area (Å²) in [7, 11) is 0. The molecule has 3 heteroatoms. The van der Waals surface area contributed by atoms with Crippen LogP contribution in [0.5, 0.6) is 0 Å². The molecule has 0 spiro atoms. The highest BCUT2D eigenvalue weighted by Gasteiger charge is 2.18. The minimum Gasteiger partial charge on any atom is -0.478 e. The van der Waals surface area contributed by atoms with Crippen molar-refractivity contribution in [2.24, 2.45) is 0 Å². The smallest absolute Gasteiger partial charge is 0.336 e. The summed E-state index contributed by atoms with van der Waals surface area (Å²) in [5.41, 5.74) is 8.66. The van der Waals surface area contributed by atoms with E-state index >= 15 is 0 Å². The Morgan fingerprint density at radius 1 is 0.629 bits per heavy atom. The summed E-state index contributed by atoms with van der Waals surface area (Å²) in [4.78, 5) is 11.9. The second-order valence-electron chi connectivity index (χ2n) is 8.75. The summed E-state index contributed by atoms with van der Waals surface area (Å²) in [6, 6.07) is 38.8. The number of fused-ring (bicyclic) bond motifs is 3. The Balaban J connectivity index is 1.63. The summed E-state index contributed by atoms with van der Waals surface area (Å²) in [6.07, 6.45) is 0. The van der Waals surface area contributed by atoms with Crippen molar-refractivity contribution < 1.29 is 9.90 Å². The maximum Gasteiger partial charge on any atom is 0.336 e. The van der Waals surface area contributed by atoms with Gasteiger partial charge in [-0.25, -0.2) is 4.79 Å². The lowest BCUT2D eigenvalue weighted by molar-refractivity contribution is 0.0697. The van der Waals surface area contributed by atoms with Gasteiger partial charge in [-0.2, -0.15) is 0 Å². The fourth-order valence-corrected chi connectivity index (χ4v) is 5.10. The predicted molar refractivity (Wildman–Crippen MR) is 143 cm³/mol. The Morgan fingerprint density at radius 2 is 1.31 bits per heavy atom. The van der Waals surface area contributed by atoms with E-state index in [1.807, 2.05) is 30.3 Å². The van der Waals surface area contributed by atoms with Gasteiger partial charge in [-0.15, -0.1) is 0 Å². The van der Waals surface area contributed by atoms with Crippen LogP contribution in [0.4, 0.5) is 0 Å². The molecule has 0 fully saturated rings. The van der Waals surface area contributed by atoms with Gasteiger partial charge in [0.05, 0.1) is 16.6 Å². The number of aromatic carboxylic acids is 1. The van der Waals surface area contributed by atoms with Crippen molar-refractivity contribution in [2.45, 2.75) is 6.92 Å². The number of benzene rings is 5. The number of rotatable bonds is 4. The molecule has 6 aromatic rings. The highest BCUT2D eigenvalue weighted by atomic mass is 16.4. The van der Waals surface area contributed by atoms with Crippen molar-refractivity contribution in [3.8, 4) is 27.9 Å². The van der Waals surface area contributed by atoms with E-state index in [9.17, 15) is 9.90 Å². The van der Waals surface area contributed by atoms with E-state index in [0.29, 0.717) is 5.56 Å². The Kier molecular flexibility index (Phi) is 4.97. The van der Waals surface area contributed by atoms with Gasteiger partial charge in [-0.05, 0) is 65.1 Å². The van der Waals surface area contributed by atoms with Crippen LogP contribution in [0.15, 0.2) is 115 Å². The first-order chi connectivity index (χ1) is 17.1. The predicted octanol–water partition coefficient (Wildman–Crippen LogP) is 8.12. The van der Waals surface area contributed by atoms with Crippen LogP contribution < -0.4 is 0 Å². The molecule has 1 aromatic heterocycles. The van der Waals surface area contributed by atoms with Crippen LogP contribution in [0, 0.1) is 6.92 Å². The van der Waals surface area contributed by atoms with Crippen molar-refractivity contribution in [1.29, 1.82) is 0 Å². The maximum absolute atomic E-state index is 11.9. The van der Waals surface area contributed by atoms with Gasteiger partial charge < -0.3 is 9.67 Å². The number of hydrogen-bond donors (Lipinski definition) is 1. The van der Waals surface area contributed by atoms with Crippen molar-refractivity contribution in [3.05, 3.63) is 126 Å². The number of hydrogen-bond acceptors (Lipinski definition) is 1. The van der Waals surface area contributed by atoms with Gasteiger partial charge in [0, 0.05) is 16.5 Å². The van der Waals surface area contributed by atoms with E-state index in [1.54, 1.807) is 12.1 Å². The first kappa shape index (κ1) is 20.9. The molecular weight excluding hydrogens is 430 g/mol. The number of nitrogens with zero attached hydrogens (tertiary/aromatic N) is 1. The van der Waals surface area contributed by atoms with Gasteiger partial charge in [0.25, 0.3) is 0 Å². The number of carbonyl (C=O) groups is 1. The first-order valence-electron chi connectivity index (χ1n) is 11.6. The summed E-state index contributed by atoms with van der Waals surface area (Å²) >= 11 is 0. The third-order valence-corrected chi connectivity index (χ3v) is 6.77. The quantitative estimate of drug-likeness (QED) is 0.293. The summed E-state index contributed by atoms with van der Waals surface area (Å²) < 4.78 is 2.29. The van der Waals surface area contributed by atoms with Crippen LogP contribution in [-0.4, -0.2) is 15.6 Å². The highest BCUT2D eigenvalue weighted by Crippen LogP contribution is 2.38. The molecule has 0 aliphatic rings. The van der Waals surface area contributed by atoms with Crippen molar-refractivity contribution in [1.82, 2.24) is 4.57 Å². The molecule has 6 rings (SSSR count). The molecule has 0 saturated carbocycles. The van der Waals surface area contributed by atoms with Crippen LogP contribution in [0.25, 0.3) is 49.7 Å². The van der Waals surface area contributed by atoms with E-state index in [1.165, 1.54) is 21.9 Å². The second-order valence-corrected chi connectivity index (χ2v) is 8.75. The van der Waals surface area contributed by atoms with Gasteiger partial charge in [-0.3, -0.25) is 0 Å². The minimum atomic E-state index is -0.921. The van der Waals surface area contributed by atoms with Crippen molar-refractivity contribution in [2.75, 3.05) is 0 Å². The zero-order valence-electron chi connectivity index (χ0n) is 19.3. The third kappa shape index (κ3) is 3.41. The van der Waals surface area contributed by atoms with E-state index in [4.69, 9.17) is 0 Å². The van der Waals surface area contributed by atoms with Crippen LogP contribution >= 0.6 is 0 Å². The van der Waals surface area contributed by atoms with Crippen LogP contribution in [-0.2, 0) is 0 Å². The average Bonchev–Trinajstić information content (AvgIpc) is 3.23. The SMILES string of the molecule is Cc1c(-c2ccccc2C(=O)O)cccc1-n1c2ccccc2c2cc(-c3ccccc3)ccc21. The van der Waals surface area contributed by atoms with E-state index < -0.39 is 5.97 Å². The number of carboxylic acids is 1. The standard InChI is InChI=1S/C32H23NO2/c1-21-24(25-12-5-6-14-27(25)32(34)35)15-9-17-29(21)33-30-16-8-7-13-26(30)28-20-23(18-19-31(28)33)22-10-3-2-4-11-22/h2-20H,1H3,(H,34,35). The Bertz CT molecular complexity index is 1730. The summed E-state index contributed by atoms with van der Waals surface area (Å²) in [5.74, 6) is -0.921. The normalized spacial score (nSPS) is 11.2. The first-order valence-corrected chi connectivity index (χ1v) is 11.6. The van der Waals surface area contributed by atoms with Crippen LogP contribution in [0.2, 0.25) is 0 Å². The molecule has 0 atom stereocenters. The molecule has 0 unspecified atom stereocenters. The van der Waals surface area contributed by atoms with Crippen molar-refractivity contribution in [3.63, 3.8) is 0 Å². The largest absolute Gasteiger partial charge is 0.478 e. The molecule has 35 heavy (non-hydrogen) atoms. The summed E-state index contributed by atoms with van der Waals surface area (Å²) in [5, 5.41) is 12.2. The molecule has 0 amide bonds. The highest BCUT2D eigenvalue weighted by molar-refractivity contribution is 6.10. The molecular formula is C32H23NO2. The van der Waals surface area contributed by atoms with Crippen LogP contribution in [0.1, 0.15) is 15.9 Å². The number of para-hydroxylation sites is 1. The van der Waals surface area contributed by atoms with Crippen LogP contribution in [0.3, 0.4) is 0 Å². The van der Waals surface area contributed by atoms with Crippen molar-refractivity contribution >= 4 is 27.8 Å². The topological polar surface area (TPSA) is 42.2 Å². The van der Waals surface area contributed by atoms with E-state index in [-0.39, 0.29) is 0 Å². The minimum absolute atomic E-state index is 0.308. The molecule has 5 aromatic carbocycles. The van der Waals surface area contributed by atoms with E-state index in [0.717, 1.165) is 33.4 Å². The zero-order valence-corrected chi connectivity index (χ0v) is 19.3. The Labute approximate surface area is 203 Å². The summed E-state index contributed by atoms with van der Waals surface area (Å²) in [6.45, 7) is 2.07. The fraction of sp³-hybridized carbons (Fsp3) is 0.0312. The average molecular weight is 454 g/mol. The second kappa shape index (κ2) is 8.30. The van der Waals surface area contributed by atoms with Gasteiger partial charge >= 0.3 is 5.97 Å². The lowest BCUT2D eigenvalue weighted by Crippen LogP contribution is -2.02. The molecule has 0 saturated heterocycles. The molecule has 0 aliphatic heterocycles. The number of aromatic nitrogens is 1. The fourth-order valence-electron chi connectivity index (χ4n) is 5.10.